The highest BCUT2D eigenvalue weighted by Crippen LogP contribution is 2.22. The molecule has 0 aromatic heterocycles. The smallest absolute Gasteiger partial charge is 0.251 e. The van der Waals surface area contributed by atoms with Gasteiger partial charge in [0.25, 0.3) is 5.91 Å². The highest BCUT2D eigenvalue weighted by Gasteiger charge is 2.04. The van der Waals surface area contributed by atoms with Crippen molar-refractivity contribution >= 4 is 28.6 Å². The van der Waals surface area contributed by atoms with Gasteiger partial charge in [-0.2, -0.15) is 0 Å². The molecule has 0 aliphatic rings. The fraction of sp³-hybridized carbons (Fsp3) is 0.227. The Morgan fingerprint density at radius 1 is 0.963 bits per heavy atom. The Labute approximate surface area is 164 Å². The molecule has 0 fully saturated rings. The normalized spacial score (nSPS) is 10.7. The molecule has 0 aliphatic heterocycles. The van der Waals surface area contributed by atoms with Gasteiger partial charge < -0.3 is 10.1 Å². The zero-order valence-electron chi connectivity index (χ0n) is 15.4. The Morgan fingerprint density at radius 2 is 1.74 bits per heavy atom. The number of hydrogen-bond acceptors (Lipinski definition) is 4. The van der Waals surface area contributed by atoms with Gasteiger partial charge in [-0.1, -0.05) is 54.4 Å². The lowest BCUT2D eigenvalue weighted by atomic mass is 10.0. The van der Waals surface area contributed by atoms with Crippen LogP contribution in [0.15, 0.2) is 66.7 Å². The van der Waals surface area contributed by atoms with E-state index in [-0.39, 0.29) is 5.91 Å². The summed E-state index contributed by atoms with van der Waals surface area (Å²) in [7, 11) is 0. The van der Waals surface area contributed by atoms with E-state index in [0.717, 1.165) is 24.1 Å². The predicted molar refractivity (Wildman–Crippen MR) is 113 cm³/mol. The second kappa shape index (κ2) is 10.00. The molecule has 0 heterocycles. The summed E-state index contributed by atoms with van der Waals surface area (Å²) >= 11 is 1.64. The first-order chi connectivity index (χ1) is 13.3. The van der Waals surface area contributed by atoms with Crippen LogP contribution in [0.25, 0.3) is 10.8 Å². The largest absolute Gasteiger partial charge is 0.492 e. The first-order valence-electron chi connectivity index (χ1n) is 9.01. The molecule has 0 bridgehead atoms. The number of carbonyl (C=O) groups excluding carboxylic acids is 1. The van der Waals surface area contributed by atoms with E-state index in [4.69, 9.17) is 4.74 Å². The van der Waals surface area contributed by atoms with Crippen LogP contribution in [0.2, 0.25) is 0 Å². The zero-order valence-corrected chi connectivity index (χ0v) is 16.2. The molecule has 0 saturated carbocycles. The Kier molecular flexibility index (Phi) is 7.13. The lowest BCUT2D eigenvalue weighted by Crippen LogP contribution is -2.27. The van der Waals surface area contributed by atoms with Crippen molar-refractivity contribution in [2.45, 2.75) is 6.42 Å². The summed E-state index contributed by atoms with van der Waals surface area (Å²) in [6.45, 7) is 1.86. The van der Waals surface area contributed by atoms with E-state index in [1.54, 1.807) is 24.1 Å². The van der Waals surface area contributed by atoms with Crippen molar-refractivity contribution < 1.29 is 9.53 Å². The molecule has 1 amide bonds. The minimum atomic E-state index is -0.0822. The fourth-order valence-electron chi connectivity index (χ4n) is 2.84. The van der Waals surface area contributed by atoms with Crippen LogP contribution in [0.5, 0.6) is 5.75 Å². The van der Waals surface area contributed by atoms with Gasteiger partial charge in [-0.25, -0.2) is 0 Å². The second-order valence-corrected chi connectivity index (χ2v) is 6.86. The molecule has 0 aliphatic carbocycles. The lowest BCUT2D eigenvalue weighted by molar-refractivity contribution is 0.0947. The Bertz CT molecular complexity index is 884. The highest BCUT2D eigenvalue weighted by atomic mass is 32.2. The van der Waals surface area contributed by atoms with Crippen LogP contribution >= 0.6 is 11.9 Å². The van der Waals surface area contributed by atoms with Gasteiger partial charge in [0.15, 0.2) is 0 Å². The average Bonchev–Trinajstić information content (AvgIpc) is 2.72. The number of fused-ring (bicyclic) bond motifs is 1. The third-order valence-electron chi connectivity index (χ3n) is 4.23. The topological polar surface area (TPSA) is 50.4 Å². The molecule has 0 saturated heterocycles. The van der Waals surface area contributed by atoms with Crippen LogP contribution in [0.1, 0.15) is 15.9 Å². The average molecular weight is 381 g/mol. The number of amides is 1. The minimum absolute atomic E-state index is 0.0822. The van der Waals surface area contributed by atoms with Crippen LogP contribution in [0.4, 0.5) is 0 Å². The number of ether oxygens (including phenoxy) is 1. The van der Waals surface area contributed by atoms with Crippen LogP contribution in [-0.4, -0.2) is 31.9 Å². The summed E-state index contributed by atoms with van der Waals surface area (Å²) in [6.07, 6.45) is 3.05. The van der Waals surface area contributed by atoms with Gasteiger partial charge in [-0.15, -0.1) is 0 Å². The monoisotopic (exact) mass is 380 g/mol. The molecule has 5 heteroatoms. The summed E-state index contributed by atoms with van der Waals surface area (Å²) in [5, 5.41) is 5.23. The van der Waals surface area contributed by atoms with E-state index < -0.39 is 0 Å². The van der Waals surface area contributed by atoms with Crippen LogP contribution in [-0.2, 0) is 6.42 Å². The Hall–Kier alpha value is -2.50. The third kappa shape index (κ3) is 5.74. The van der Waals surface area contributed by atoms with Crippen LogP contribution in [0, 0.1) is 0 Å². The van der Waals surface area contributed by atoms with Crippen LogP contribution in [0.3, 0.4) is 0 Å². The summed E-state index contributed by atoms with van der Waals surface area (Å²) in [5.74, 6) is 0.731. The molecule has 3 aromatic rings. The predicted octanol–water partition coefficient (Wildman–Crippen LogP) is 4.06. The highest BCUT2D eigenvalue weighted by molar-refractivity contribution is 7.96. The molecule has 0 spiro atoms. The molecular formula is C22H24N2O2S. The molecule has 27 heavy (non-hydrogen) atoms. The number of nitrogens with one attached hydrogen (secondary N) is 2. The molecule has 0 unspecified atom stereocenters. The fourth-order valence-corrected chi connectivity index (χ4v) is 3.15. The van der Waals surface area contributed by atoms with E-state index in [9.17, 15) is 4.79 Å². The maximum absolute atomic E-state index is 12.0. The van der Waals surface area contributed by atoms with Gasteiger partial charge >= 0.3 is 0 Å². The van der Waals surface area contributed by atoms with E-state index >= 15 is 0 Å². The van der Waals surface area contributed by atoms with Gasteiger partial charge in [-0.05, 0) is 53.3 Å². The third-order valence-corrected chi connectivity index (χ3v) is 4.72. The van der Waals surface area contributed by atoms with Crippen molar-refractivity contribution in [2.75, 3.05) is 26.0 Å². The molecule has 4 nitrogen and oxygen atoms in total. The van der Waals surface area contributed by atoms with Gasteiger partial charge in [-0.3, -0.25) is 9.52 Å². The number of benzene rings is 3. The quantitative estimate of drug-likeness (QED) is 0.434. The molecule has 0 radical (unpaired) electrons. The van der Waals surface area contributed by atoms with Gasteiger partial charge in [0.2, 0.25) is 0 Å². The summed E-state index contributed by atoms with van der Waals surface area (Å²) in [6, 6.07) is 21.8. The first kappa shape index (κ1) is 19.3. The molecule has 3 rings (SSSR count). The van der Waals surface area contributed by atoms with E-state index in [0.29, 0.717) is 18.7 Å². The van der Waals surface area contributed by atoms with Gasteiger partial charge in [0.1, 0.15) is 12.4 Å². The van der Waals surface area contributed by atoms with Crippen molar-refractivity contribution in [1.82, 2.24) is 10.0 Å². The van der Waals surface area contributed by atoms with Gasteiger partial charge in [0.05, 0.1) is 6.54 Å². The Balaban J connectivity index is 1.50. The number of hydrogen-bond donors (Lipinski definition) is 2. The lowest BCUT2D eigenvalue weighted by Gasteiger charge is -2.09. The summed E-state index contributed by atoms with van der Waals surface area (Å²) in [4.78, 5) is 12.0. The van der Waals surface area contributed by atoms with Crippen molar-refractivity contribution in [3.63, 3.8) is 0 Å². The Morgan fingerprint density at radius 3 is 2.56 bits per heavy atom. The van der Waals surface area contributed by atoms with Crippen molar-refractivity contribution in [3.05, 3.63) is 77.9 Å². The number of carbonyl (C=O) groups is 1. The van der Waals surface area contributed by atoms with Crippen LogP contribution < -0.4 is 14.8 Å². The SMILES string of the molecule is CSNCCc1ccc2cc(OCCNC(=O)c3ccccc3)ccc2c1. The number of rotatable bonds is 9. The zero-order chi connectivity index (χ0) is 18.9. The summed E-state index contributed by atoms with van der Waals surface area (Å²) < 4.78 is 9.05. The first-order valence-corrected chi connectivity index (χ1v) is 10.2. The molecule has 3 aromatic carbocycles. The maximum atomic E-state index is 12.0. The minimum Gasteiger partial charge on any atom is -0.492 e. The summed E-state index contributed by atoms with van der Waals surface area (Å²) in [5.41, 5.74) is 1.98. The maximum Gasteiger partial charge on any atom is 0.251 e. The molecule has 140 valence electrons. The molecular weight excluding hydrogens is 356 g/mol. The molecule has 0 atom stereocenters. The van der Waals surface area contributed by atoms with Crippen molar-refractivity contribution in [3.8, 4) is 5.75 Å². The second-order valence-electron chi connectivity index (χ2n) is 6.16. The van der Waals surface area contributed by atoms with Crippen molar-refractivity contribution in [1.29, 1.82) is 0 Å². The van der Waals surface area contributed by atoms with E-state index in [2.05, 4.69) is 34.3 Å². The standard InChI is InChI=1S/C22H24N2O2S/c1-27-24-12-11-17-7-8-20-16-21(10-9-19(20)15-17)26-14-13-23-22(25)18-5-3-2-4-6-18/h2-10,15-16,24H,11-14H2,1H3,(H,23,25). The van der Waals surface area contributed by atoms with Gasteiger partial charge in [0, 0.05) is 12.1 Å². The molecule has 2 N–H and O–H groups in total. The van der Waals surface area contributed by atoms with E-state index in [1.165, 1.54) is 10.9 Å². The van der Waals surface area contributed by atoms with Crippen molar-refractivity contribution in [2.24, 2.45) is 0 Å². The van der Waals surface area contributed by atoms with E-state index in [1.807, 2.05) is 36.6 Å².